The van der Waals surface area contributed by atoms with Crippen molar-refractivity contribution in [1.82, 2.24) is 5.32 Å². The van der Waals surface area contributed by atoms with Crippen molar-refractivity contribution >= 4 is 17.5 Å². The highest BCUT2D eigenvalue weighted by molar-refractivity contribution is 5.99. The average Bonchev–Trinajstić information content (AvgIpc) is 3.12. The summed E-state index contributed by atoms with van der Waals surface area (Å²) in [6.45, 7) is 0.906. The van der Waals surface area contributed by atoms with Gasteiger partial charge in [0, 0.05) is 18.8 Å². The monoisotopic (exact) mass is 259 g/mol. The molecule has 0 bridgehead atoms. The minimum absolute atomic E-state index is 0.0243. The molecule has 1 aromatic carbocycles. The van der Waals surface area contributed by atoms with E-state index in [1.807, 2.05) is 18.2 Å². The van der Waals surface area contributed by atoms with Gasteiger partial charge in [-0.3, -0.25) is 9.59 Å². The zero-order valence-corrected chi connectivity index (χ0v) is 10.7. The molecule has 1 aliphatic carbocycles. The van der Waals surface area contributed by atoms with E-state index in [1.165, 1.54) is 0 Å². The standard InChI is InChI=1S/C14H17N3O2/c15-8-14(3-4-14)13(19)16-7-9-1-2-11-10(5-9)6-12(18)17-11/h1-2,5H,3-4,6-8,15H2,(H,16,19)(H,17,18). The number of amides is 2. The minimum Gasteiger partial charge on any atom is -0.352 e. The summed E-state index contributed by atoms with van der Waals surface area (Å²) in [5.74, 6) is 0.0703. The summed E-state index contributed by atoms with van der Waals surface area (Å²) in [4.78, 5) is 23.2. The van der Waals surface area contributed by atoms with Crippen molar-refractivity contribution in [2.75, 3.05) is 11.9 Å². The van der Waals surface area contributed by atoms with Crippen LogP contribution in [0.25, 0.3) is 0 Å². The summed E-state index contributed by atoms with van der Waals surface area (Å²) < 4.78 is 0. The maximum absolute atomic E-state index is 12.0. The molecule has 3 rings (SSSR count). The maximum Gasteiger partial charge on any atom is 0.228 e. The Bertz CT molecular complexity index is 550. The highest BCUT2D eigenvalue weighted by Crippen LogP contribution is 2.44. The van der Waals surface area contributed by atoms with E-state index in [9.17, 15) is 9.59 Å². The molecule has 1 heterocycles. The Morgan fingerprint density at radius 1 is 1.42 bits per heavy atom. The Labute approximate surface area is 111 Å². The molecular formula is C14H17N3O2. The van der Waals surface area contributed by atoms with E-state index < -0.39 is 0 Å². The number of nitrogens with one attached hydrogen (secondary N) is 2. The lowest BCUT2D eigenvalue weighted by Gasteiger charge is -2.13. The van der Waals surface area contributed by atoms with Gasteiger partial charge in [0.2, 0.25) is 11.8 Å². The van der Waals surface area contributed by atoms with Crippen molar-refractivity contribution in [2.45, 2.75) is 25.8 Å². The van der Waals surface area contributed by atoms with Gasteiger partial charge in [-0.05, 0) is 30.0 Å². The van der Waals surface area contributed by atoms with Gasteiger partial charge >= 0.3 is 0 Å². The number of carbonyl (C=O) groups is 2. The van der Waals surface area contributed by atoms with Crippen molar-refractivity contribution in [2.24, 2.45) is 11.1 Å². The zero-order chi connectivity index (χ0) is 13.5. The van der Waals surface area contributed by atoms with Gasteiger partial charge in [-0.1, -0.05) is 12.1 Å². The van der Waals surface area contributed by atoms with Crippen molar-refractivity contribution in [3.63, 3.8) is 0 Å². The van der Waals surface area contributed by atoms with Crippen LogP contribution in [0.15, 0.2) is 18.2 Å². The van der Waals surface area contributed by atoms with Crippen molar-refractivity contribution in [3.05, 3.63) is 29.3 Å². The molecule has 2 aliphatic rings. The lowest BCUT2D eigenvalue weighted by atomic mass is 10.1. The highest BCUT2D eigenvalue weighted by atomic mass is 16.2. The van der Waals surface area contributed by atoms with E-state index in [1.54, 1.807) is 0 Å². The first-order valence-electron chi connectivity index (χ1n) is 6.53. The third kappa shape index (κ3) is 2.21. The molecule has 0 saturated heterocycles. The van der Waals surface area contributed by atoms with E-state index >= 15 is 0 Å². The third-order valence-electron chi connectivity index (χ3n) is 3.97. The van der Waals surface area contributed by atoms with Crippen LogP contribution in [0.1, 0.15) is 24.0 Å². The first-order chi connectivity index (χ1) is 9.13. The predicted octanol–water partition coefficient (Wildman–Crippen LogP) is 0.536. The first kappa shape index (κ1) is 12.2. The Morgan fingerprint density at radius 2 is 2.21 bits per heavy atom. The fourth-order valence-corrected chi connectivity index (χ4v) is 2.44. The smallest absolute Gasteiger partial charge is 0.228 e. The molecule has 2 amide bonds. The van der Waals surface area contributed by atoms with Crippen LogP contribution in [0, 0.1) is 5.41 Å². The van der Waals surface area contributed by atoms with Gasteiger partial charge in [0.05, 0.1) is 11.8 Å². The SMILES string of the molecule is NCC1(C(=O)NCc2ccc3c(c2)CC(=O)N3)CC1. The van der Waals surface area contributed by atoms with Crippen LogP contribution < -0.4 is 16.4 Å². The van der Waals surface area contributed by atoms with Gasteiger partial charge in [-0.25, -0.2) is 0 Å². The lowest BCUT2D eigenvalue weighted by molar-refractivity contribution is -0.126. The fraction of sp³-hybridized carbons (Fsp3) is 0.429. The van der Waals surface area contributed by atoms with Crippen molar-refractivity contribution in [3.8, 4) is 0 Å². The summed E-state index contributed by atoms with van der Waals surface area (Å²) in [5, 5.41) is 5.72. The molecule has 1 aromatic rings. The highest BCUT2D eigenvalue weighted by Gasteiger charge is 2.48. The quantitative estimate of drug-likeness (QED) is 0.737. The molecule has 0 radical (unpaired) electrons. The summed E-state index contributed by atoms with van der Waals surface area (Å²) in [7, 11) is 0. The van der Waals surface area contributed by atoms with E-state index in [0.29, 0.717) is 19.5 Å². The van der Waals surface area contributed by atoms with E-state index in [0.717, 1.165) is 29.7 Å². The summed E-state index contributed by atoms with van der Waals surface area (Å²) >= 11 is 0. The van der Waals surface area contributed by atoms with Gasteiger partial charge in [0.25, 0.3) is 0 Å². The van der Waals surface area contributed by atoms with Crippen LogP contribution in [-0.4, -0.2) is 18.4 Å². The predicted molar refractivity (Wildman–Crippen MR) is 71.3 cm³/mol. The molecule has 100 valence electrons. The largest absolute Gasteiger partial charge is 0.352 e. The Morgan fingerprint density at radius 3 is 2.89 bits per heavy atom. The van der Waals surface area contributed by atoms with E-state index in [2.05, 4.69) is 10.6 Å². The van der Waals surface area contributed by atoms with Crippen LogP contribution in [0.3, 0.4) is 0 Å². The normalized spacial score (nSPS) is 18.7. The summed E-state index contributed by atoms with van der Waals surface area (Å²) in [6, 6.07) is 5.78. The number of carbonyl (C=O) groups excluding carboxylic acids is 2. The molecule has 1 aliphatic heterocycles. The Hall–Kier alpha value is -1.88. The molecule has 0 atom stereocenters. The molecule has 4 N–H and O–H groups in total. The zero-order valence-electron chi connectivity index (χ0n) is 10.7. The lowest BCUT2D eigenvalue weighted by Crippen LogP contribution is -2.36. The minimum atomic E-state index is -0.311. The van der Waals surface area contributed by atoms with Gasteiger partial charge in [-0.15, -0.1) is 0 Å². The van der Waals surface area contributed by atoms with Crippen LogP contribution in [0.2, 0.25) is 0 Å². The first-order valence-corrected chi connectivity index (χ1v) is 6.53. The maximum atomic E-state index is 12.0. The van der Waals surface area contributed by atoms with Gasteiger partial charge in [-0.2, -0.15) is 0 Å². The number of anilines is 1. The summed E-state index contributed by atoms with van der Waals surface area (Å²) in [6.07, 6.45) is 2.19. The second kappa shape index (κ2) is 4.35. The Balaban J connectivity index is 1.64. The van der Waals surface area contributed by atoms with Gasteiger partial charge in [0.15, 0.2) is 0 Å². The number of rotatable bonds is 4. The molecule has 1 fully saturated rings. The van der Waals surface area contributed by atoms with Gasteiger partial charge < -0.3 is 16.4 Å². The topological polar surface area (TPSA) is 84.2 Å². The average molecular weight is 259 g/mol. The summed E-state index contributed by atoms with van der Waals surface area (Å²) in [5.41, 5.74) is 8.19. The third-order valence-corrected chi connectivity index (χ3v) is 3.97. The van der Waals surface area contributed by atoms with Crippen LogP contribution in [0.5, 0.6) is 0 Å². The molecule has 19 heavy (non-hydrogen) atoms. The number of hydrogen-bond donors (Lipinski definition) is 3. The molecule has 0 aromatic heterocycles. The molecule has 5 heteroatoms. The second-order valence-corrected chi connectivity index (χ2v) is 5.38. The van der Waals surface area contributed by atoms with E-state index in [-0.39, 0.29) is 17.2 Å². The molecule has 0 unspecified atom stereocenters. The fourth-order valence-electron chi connectivity index (χ4n) is 2.44. The van der Waals surface area contributed by atoms with Crippen molar-refractivity contribution < 1.29 is 9.59 Å². The number of nitrogens with two attached hydrogens (primary N) is 1. The van der Waals surface area contributed by atoms with Crippen LogP contribution in [-0.2, 0) is 22.6 Å². The van der Waals surface area contributed by atoms with Crippen LogP contribution >= 0.6 is 0 Å². The Kier molecular flexibility index (Phi) is 2.78. The number of benzene rings is 1. The molecule has 1 saturated carbocycles. The van der Waals surface area contributed by atoms with Crippen LogP contribution in [0.4, 0.5) is 5.69 Å². The van der Waals surface area contributed by atoms with E-state index in [4.69, 9.17) is 5.73 Å². The number of hydrogen-bond acceptors (Lipinski definition) is 3. The second-order valence-electron chi connectivity index (χ2n) is 5.38. The number of fused-ring (bicyclic) bond motifs is 1. The van der Waals surface area contributed by atoms with Crippen molar-refractivity contribution in [1.29, 1.82) is 0 Å². The van der Waals surface area contributed by atoms with Gasteiger partial charge in [0.1, 0.15) is 0 Å². The molecular weight excluding hydrogens is 242 g/mol. The molecule has 0 spiro atoms. The molecule has 5 nitrogen and oxygen atoms in total.